The van der Waals surface area contributed by atoms with Gasteiger partial charge < -0.3 is 15.0 Å². The third-order valence-corrected chi connectivity index (χ3v) is 4.29. The Morgan fingerprint density at radius 3 is 2.42 bits per heavy atom. The van der Waals surface area contributed by atoms with Crippen molar-refractivity contribution in [2.24, 2.45) is 11.8 Å². The highest BCUT2D eigenvalue weighted by atomic mass is 16.5. The van der Waals surface area contributed by atoms with Crippen molar-refractivity contribution in [2.45, 2.75) is 33.6 Å². The SMILES string of the molecule is Cc1ccc(OCC(=O)N2CCC(C(=O)NCC(C)C)CC2)cc1. The molecular weight excluding hydrogens is 304 g/mol. The Morgan fingerprint density at radius 2 is 1.83 bits per heavy atom. The number of carbonyl (C=O) groups excluding carboxylic acids is 2. The van der Waals surface area contributed by atoms with Gasteiger partial charge in [0.2, 0.25) is 5.91 Å². The molecule has 2 rings (SSSR count). The number of piperidine rings is 1. The van der Waals surface area contributed by atoms with Gasteiger partial charge in [0, 0.05) is 25.6 Å². The summed E-state index contributed by atoms with van der Waals surface area (Å²) in [5, 5.41) is 2.98. The van der Waals surface area contributed by atoms with Crippen molar-refractivity contribution in [1.29, 1.82) is 0 Å². The van der Waals surface area contributed by atoms with Gasteiger partial charge in [0.1, 0.15) is 5.75 Å². The summed E-state index contributed by atoms with van der Waals surface area (Å²) < 4.78 is 5.54. The van der Waals surface area contributed by atoms with Crippen LogP contribution in [-0.4, -0.2) is 43.0 Å². The van der Waals surface area contributed by atoms with Crippen LogP contribution in [0.15, 0.2) is 24.3 Å². The van der Waals surface area contributed by atoms with Gasteiger partial charge >= 0.3 is 0 Å². The predicted octanol–water partition coefficient (Wildman–Crippen LogP) is 2.38. The fourth-order valence-electron chi connectivity index (χ4n) is 2.71. The molecular formula is C19H28N2O3. The van der Waals surface area contributed by atoms with Gasteiger partial charge in [-0.25, -0.2) is 0 Å². The van der Waals surface area contributed by atoms with E-state index in [1.807, 2.05) is 31.2 Å². The Kier molecular flexibility index (Phi) is 6.64. The van der Waals surface area contributed by atoms with Crippen molar-refractivity contribution in [3.8, 4) is 5.75 Å². The van der Waals surface area contributed by atoms with E-state index in [-0.39, 0.29) is 24.3 Å². The van der Waals surface area contributed by atoms with Crippen molar-refractivity contribution >= 4 is 11.8 Å². The van der Waals surface area contributed by atoms with Gasteiger partial charge in [-0.2, -0.15) is 0 Å². The van der Waals surface area contributed by atoms with Gasteiger partial charge in [0.25, 0.3) is 5.91 Å². The lowest BCUT2D eigenvalue weighted by Gasteiger charge is -2.31. The van der Waals surface area contributed by atoms with Gasteiger partial charge in [-0.05, 0) is 37.8 Å². The van der Waals surface area contributed by atoms with Crippen molar-refractivity contribution in [3.63, 3.8) is 0 Å². The van der Waals surface area contributed by atoms with Gasteiger partial charge in [-0.15, -0.1) is 0 Å². The molecule has 24 heavy (non-hydrogen) atoms. The first kappa shape index (κ1) is 18.3. The fraction of sp³-hybridized carbons (Fsp3) is 0.579. The van der Waals surface area contributed by atoms with Crippen LogP contribution in [0.1, 0.15) is 32.3 Å². The molecule has 0 atom stereocenters. The van der Waals surface area contributed by atoms with Gasteiger partial charge in [-0.3, -0.25) is 9.59 Å². The van der Waals surface area contributed by atoms with Crippen molar-refractivity contribution in [1.82, 2.24) is 10.2 Å². The first-order chi connectivity index (χ1) is 11.5. The van der Waals surface area contributed by atoms with Gasteiger partial charge in [0.05, 0.1) is 0 Å². The van der Waals surface area contributed by atoms with Gasteiger partial charge in [0.15, 0.2) is 6.61 Å². The van der Waals surface area contributed by atoms with Crippen LogP contribution in [0, 0.1) is 18.8 Å². The standard InChI is InChI=1S/C19H28N2O3/c1-14(2)12-20-19(23)16-8-10-21(11-9-16)18(22)13-24-17-6-4-15(3)5-7-17/h4-7,14,16H,8-13H2,1-3H3,(H,20,23). The lowest BCUT2D eigenvalue weighted by molar-refractivity contribution is -0.137. The number of nitrogens with one attached hydrogen (secondary N) is 1. The number of likely N-dealkylation sites (tertiary alicyclic amines) is 1. The topological polar surface area (TPSA) is 58.6 Å². The van der Waals surface area contributed by atoms with Crippen LogP contribution in [-0.2, 0) is 9.59 Å². The molecule has 0 saturated carbocycles. The quantitative estimate of drug-likeness (QED) is 0.870. The Morgan fingerprint density at radius 1 is 1.21 bits per heavy atom. The number of rotatable bonds is 6. The maximum absolute atomic E-state index is 12.2. The van der Waals surface area contributed by atoms with Crippen molar-refractivity contribution in [3.05, 3.63) is 29.8 Å². The molecule has 1 aliphatic heterocycles. The highest BCUT2D eigenvalue weighted by Gasteiger charge is 2.27. The lowest BCUT2D eigenvalue weighted by Crippen LogP contribution is -2.45. The highest BCUT2D eigenvalue weighted by molar-refractivity contribution is 5.80. The van der Waals surface area contributed by atoms with E-state index in [1.165, 1.54) is 0 Å². The number of ether oxygens (including phenoxy) is 1. The number of amides is 2. The Labute approximate surface area is 144 Å². The van der Waals surface area contributed by atoms with E-state index >= 15 is 0 Å². The second kappa shape index (κ2) is 8.71. The van der Waals surface area contributed by atoms with Crippen LogP contribution in [0.4, 0.5) is 0 Å². The molecule has 0 spiro atoms. The zero-order valence-electron chi connectivity index (χ0n) is 14.9. The summed E-state index contributed by atoms with van der Waals surface area (Å²) in [4.78, 5) is 26.1. The van der Waals surface area contributed by atoms with Crippen LogP contribution in [0.25, 0.3) is 0 Å². The highest BCUT2D eigenvalue weighted by Crippen LogP contribution is 2.18. The summed E-state index contributed by atoms with van der Waals surface area (Å²) in [7, 11) is 0. The van der Waals surface area contributed by atoms with E-state index in [1.54, 1.807) is 4.90 Å². The minimum Gasteiger partial charge on any atom is -0.484 e. The summed E-state index contributed by atoms with van der Waals surface area (Å²) in [5.41, 5.74) is 1.16. The number of nitrogens with zero attached hydrogens (tertiary/aromatic N) is 1. The predicted molar refractivity (Wildman–Crippen MR) is 93.8 cm³/mol. The molecule has 0 bridgehead atoms. The van der Waals surface area contributed by atoms with Crippen LogP contribution < -0.4 is 10.1 Å². The molecule has 0 radical (unpaired) electrons. The molecule has 132 valence electrons. The van der Waals surface area contributed by atoms with E-state index in [2.05, 4.69) is 19.2 Å². The fourth-order valence-corrected chi connectivity index (χ4v) is 2.71. The van der Waals surface area contributed by atoms with Crippen LogP contribution in [0.5, 0.6) is 5.75 Å². The maximum atomic E-state index is 12.2. The first-order valence-electron chi connectivity index (χ1n) is 8.70. The summed E-state index contributed by atoms with van der Waals surface area (Å²) in [6.07, 6.45) is 1.44. The van der Waals surface area contributed by atoms with Gasteiger partial charge in [-0.1, -0.05) is 31.5 Å². The number of hydrogen-bond acceptors (Lipinski definition) is 3. The monoisotopic (exact) mass is 332 g/mol. The number of aryl methyl sites for hydroxylation is 1. The molecule has 1 saturated heterocycles. The summed E-state index contributed by atoms with van der Waals surface area (Å²) in [5.74, 6) is 1.28. The average Bonchev–Trinajstić information content (AvgIpc) is 2.59. The summed E-state index contributed by atoms with van der Waals surface area (Å²) in [6, 6.07) is 7.66. The molecule has 2 amide bonds. The normalized spacial score (nSPS) is 15.4. The molecule has 0 aromatic heterocycles. The number of hydrogen-bond donors (Lipinski definition) is 1. The number of benzene rings is 1. The second-order valence-electron chi connectivity index (χ2n) is 6.90. The summed E-state index contributed by atoms with van der Waals surface area (Å²) in [6.45, 7) is 8.17. The minimum absolute atomic E-state index is 0.0170. The third kappa shape index (κ3) is 5.55. The molecule has 5 heteroatoms. The van der Waals surface area contributed by atoms with E-state index in [0.29, 0.717) is 31.3 Å². The van der Waals surface area contributed by atoms with Crippen LogP contribution in [0.2, 0.25) is 0 Å². The molecule has 5 nitrogen and oxygen atoms in total. The Hall–Kier alpha value is -2.04. The number of carbonyl (C=O) groups is 2. The zero-order chi connectivity index (χ0) is 17.5. The molecule has 1 N–H and O–H groups in total. The summed E-state index contributed by atoms with van der Waals surface area (Å²) >= 11 is 0. The minimum atomic E-state index is -0.0170. The average molecular weight is 332 g/mol. The van der Waals surface area contributed by atoms with E-state index in [0.717, 1.165) is 18.4 Å². The van der Waals surface area contributed by atoms with E-state index in [9.17, 15) is 9.59 Å². The molecule has 1 aromatic carbocycles. The molecule has 1 fully saturated rings. The molecule has 1 heterocycles. The Balaban J connectivity index is 1.72. The maximum Gasteiger partial charge on any atom is 0.260 e. The van der Waals surface area contributed by atoms with Crippen LogP contribution in [0.3, 0.4) is 0 Å². The largest absolute Gasteiger partial charge is 0.484 e. The zero-order valence-corrected chi connectivity index (χ0v) is 14.9. The van der Waals surface area contributed by atoms with E-state index in [4.69, 9.17) is 4.74 Å². The molecule has 0 aliphatic carbocycles. The van der Waals surface area contributed by atoms with Crippen LogP contribution >= 0.6 is 0 Å². The van der Waals surface area contributed by atoms with E-state index < -0.39 is 0 Å². The molecule has 0 unspecified atom stereocenters. The second-order valence-corrected chi connectivity index (χ2v) is 6.90. The smallest absolute Gasteiger partial charge is 0.260 e. The molecule has 1 aliphatic rings. The first-order valence-corrected chi connectivity index (χ1v) is 8.70. The Bertz CT molecular complexity index is 546. The van der Waals surface area contributed by atoms with Crippen molar-refractivity contribution in [2.75, 3.05) is 26.2 Å². The third-order valence-electron chi connectivity index (χ3n) is 4.29. The van der Waals surface area contributed by atoms with Crippen molar-refractivity contribution < 1.29 is 14.3 Å². The lowest BCUT2D eigenvalue weighted by atomic mass is 9.95. The molecule has 1 aromatic rings.